The minimum absolute atomic E-state index is 0. The molecule has 3 fully saturated rings. The third kappa shape index (κ3) is 3.11. The minimum atomic E-state index is -0.751. The van der Waals surface area contributed by atoms with Crippen molar-refractivity contribution in [2.45, 2.75) is 63.1 Å². The van der Waals surface area contributed by atoms with Gasteiger partial charge in [-0.15, -0.1) is 12.4 Å². The van der Waals surface area contributed by atoms with Crippen LogP contribution in [-0.4, -0.2) is 65.4 Å². The molecule has 0 bridgehead atoms. The van der Waals surface area contributed by atoms with E-state index in [1.54, 1.807) is 18.9 Å². The summed E-state index contributed by atoms with van der Waals surface area (Å²) in [5.74, 6) is -0.380. The number of rotatable bonds is 3. The number of nitrogens with zero attached hydrogens (tertiary/aromatic N) is 2. The largest absolute Gasteiger partial charge is 0.341 e. The summed E-state index contributed by atoms with van der Waals surface area (Å²) >= 11 is 0. The number of likely N-dealkylation sites (N-methyl/N-ethyl adjacent to an activating group) is 1. The summed E-state index contributed by atoms with van der Waals surface area (Å²) in [4.78, 5) is 40.7. The SMILES string of the molecule is CC(C(=O)N(C)C1CCNCC1)N1C(=O)NC2(CCCC2)C1=O.Cl. The van der Waals surface area contributed by atoms with Gasteiger partial charge in [-0.3, -0.25) is 9.59 Å². The molecule has 3 rings (SSSR count). The van der Waals surface area contributed by atoms with Crippen LogP contribution in [0.2, 0.25) is 0 Å². The van der Waals surface area contributed by atoms with E-state index in [1.165, 1.54) is 0 Å². The van der Waals surface area contributed by atoms with Crippen LogP contribution < -0.4 is 10.6 Å². The normalized spacial score (nSPS) is 24.7. The van der Waals surface area contributed by atoms with Crippen LogP contribution >= 0.6 is 12.4 Å². The van der Waals surface area contributed by atoms with Gasteiger partial charge in [-0.2, -0.15) is 0 Å². The Hall–Kier alpha value is -1.34. The second-order valence-corrected chi connectivity index (χ2v) is 7.00. The number of hydrogen-bond donors (Lipinski definition) is 2. The highest BCUT2D eigenvalue weighted by Crippen LogP contribution is 2.36. The molecule has 0 aromatic rings. The lowest BCUT2D eigenvalue weighted by Crippen LogP contribution is -2.53. The summed E-state index contributed by atoms with van der Waals surface area (Å²) in [7, 11) is 1.78. The fraction of sp³-hybridized carbons (Fsp3) is 0.812. The third-order valence-electron chi connectivity index (χ3n) is 5.60. The second kappa shape index (κ2) is 7.27. The molecule has 1 aliphatic carbocycles. The molecule has 1 saturated carbocycles. The highest BCUT2D eigenvalue weighted by Gasteiger charge is 2.54. The number of urea groups is 1. The molecule has 0 aromatic heterocycles. The average Bonchev–Trinajstić information content (AvgIpc) is 3.12. The first-order chi connectivity index (χ1) is 11.0. The maximum atomic E-state index is 12.8. The lowest BCUT2D eigenvalue weighted by atomic mass is 9.97. The van der Waals surface area contributed by atoms with Gasteiger partial charge in [0.15, 0.2) is 0 Å². The third-order valence-corrected chi connectivity index (χ3v) is 5.60. The smallest absolute Gasteiger partial charge is 0.325 e. The summed E-state index contributed by atoms with van der Waals surface area (Å²) in [6.07, 6.45) is 5.05. The number of amides is 4. The molecule has 2 N–H and O–H groups in total. The van der Waals surface area contributed by atoms with E-state index in [4.69, 9.17) is 0 Å². The molecule has 3 aliphatic rings. The molecule has 24 heavy (non-hydrogen) atoms. The molecule has 2 aliphatic heterocycles. The van der Waals surface area contributed by atoms with Crippen molar-refractivity contribution in [3.63, 3.8) is 0 Å². The van der Waals surface area contributed by atoms with Crippen LogP contribution in [0.25, 0.3) is 0 Å². The van der Waals surface area contributed by atoms with Crippen molar-refractivity contribution in [3.05, 3.63) is 0 Å². The molecule has 1 atom stereocenters. The molecule has 4 amide bonds. The van der Waals surface area contributed by atoms with E-state index in [2.05, 4.69) is 10.6 Å². The fourth-order valence-corrected chi connectivity index (χ4v) is 4.09. The predicted octanol–water partition coefficient (Wildman–Crippen LogP) is 0.872. The predicted molar refractivity (Wildman–Crippen MR) is 91.9 cm³/mol. The maximum absolute atomic E-state index is 12.8. The monoisotopic (exact) mass is 358 g/mol. The van der Waals surface area contributed by atoms with Crippen molar-refractivity contribution in [1.82, 2.24) is 20.4 Å². The Kier molecular flexibility index (Phi) is 5.75. The Morgan fingerprint density at radius 3 is 2.42 bits per heavy atom. The lowest BCUT2D eigenvalue weighted by Gasteiger charge is -2.34. The lowest BCUT2D eigenvalue weighted by molar-refractivity contribution is -0.143. The summed E-state index contributed by atoms with van der Waals surface area (Å²) in [5.41, 5.74) is -0.751. The first-order valence-electron chi connectivity index (χ1n) is 8.59. The van der Waals surface area contributed by atoms with Crippen LogP contribution in [0.1, 0.15) is 45.4 Å². The molecule has 0 radical (unpaired) electrons. The van der Waals surface area contributed by atoms with Crippen LogP contribution in [0.5, 0.6) is 0 Å². The number of carbonyl (C=O) groups excluding carboxylic acids is 3. The van der Waals surface area contributed by atoms with E-state index in [1.807, 2.05) is 0 Å². The highest BCUT2D eigenvalue weighted by atomic mass is 35.5. The maximum Gasteiger partial charge on any atom is 0.325 e. The fourth-order valence-electron chi connectivity index (χ4n) is 4.09. The molecule has 136 valence electrons. The quantitative estimate of drug-likeness (QED) is 0.733. The van der Waals surface area contributed by atoms with Gasteiger partial charge >= 0.3 is 6.03 Å². The van der Waals surface area contributed by atoms with Gasteiger partial charge in [-0.25, -0.2) is 9.69 Å². The molecule has 7 nitrogen and oxygen atoms in total. The van der Waals surface area contributed by atoms with Crippen LogP contribution in [0.3, 0.4) is 0 Å². The van der Waals surface area contributed by atoms with Crippen LogP contribution in [0, 0.1) is 0 Å². The van der Waals surface area contributed by atoms with Gasteiger partial charge in [0.25, 0.3) is 5.91 Å². The van der Waals surface area contributed by atoms with Gasteiger partial charge < -0.3 is 15.5 Å². The molecular weight excluding hydrogens is 332 g/mol. The van der Waals surface area contributed by atoms with Crippen LogP contribution in [0.4, 0.5) is 4.79 Å². The Morgan fingerprint density at radius 1 is 1.25 bits per heavy atom. The molecule has 1 spiro atoms. The van der Waals surface area contributed by atoms with E-state index in [-0.39, 0.29) is 30.3 Å². The number of piperidine rings is 1. The Bertz CT molecular complexity index is 515. The Labute approximate surface area is 148 Å². The van der Waals surface area contributed by atoms with E-state index >= 15 is 0 Å². The van der Waals surface area contributed by atoms with E-state index in [0.29, 0.717) is 12.8 Å². The first kappa shape index (κ1) is 19.0. The summed E-state index contributed by atoms with van der Waals surface area (Å²) in [6.45, 7) is 3.44. The molecule has 1 unspecified atom stereocenters. The van der Waals surface area contributed by atoms with Gasteiger partial charge in [0, 0.05) is 13.1 Å². The van der Waals surface area contributed by atoms with Gasteiger partial charge in [-0.05, 0) is 45.7 Å². The first-order valence-corrected chi connectivity index (χ1v) is 8.59. The van der Waals surface area contributed by atoms with Crippen molar-refractivity contribution < 1.29 is 14.4 Å². The van der Waals surface area contributed by atoms with Gasteiger partial charge in [0.1, 0.15) is 11.6 Å². The Morgan fingerprint density at radius 2 is 1.83 bits per heavy atom. The summed E-state index contributed by atoms with van der Waals surface area (Å²) in [5, 5.41) is 6.11. The van der Waals surface area contributed by atoms with Crippen LogP contribution in [-0.2, 0) is 9.59 Å². The standard InChI is InChI=1S/C16H26N4O3.ClH/c1-11(13(21)19(2)12-5-9-17-10-6-12)20-14(22)16(18-15(20)23)7-3-4-8-16;/h11-12,17H,3-10H2,1-2H3,(H,18,23);1H. The van der Waals surface area contributed by atoms with Crippen molar-refractivity contribution in [3.8, 4) is 0 Å². The zero-order valence-electron chi connectivity index (χ0n) is 14.3. The van der Waals surface area contributed by atoms with Crippen molar-refractivity contribution in [2.75, 3.05) is 20.1 Å². The Balaban J connectivity index is 0.00000208. The number of carbonyl (C=O) groups is 3. The number of halogens is 1. The van der Waals surface area contributed by atoms with Crippen molar-refractivity contribution >= 4 is 30.3 Å². The summed E-state index contributed by atoms with van der Waals surface area (Å²) in [6, 6.07) is -0.994. The molecular formula is C16H27ClN4O3. The number of imide groups is 1. The minimum Gasteiger partial charge on any atom is -0.341 e. The van der Waals surface area contributed by atoms with E-state index in [9.17, 15) is 14.4 Å². The van der Waals surface area contributed by atoms with E-state index in [0.717, 1.165) is 43.7 Å². The second-order valence-electron chi connectivity index (χ2n) is 7.00. The van der Waals surface area contributed by atoms with Gasteiger partial charge in [-0.1, -0.05) is 12.8 Å². The highest BCUT2D eigenvalue weighted by molar-refractivity contribution is 6.09. The summed E-state index contributed by atoms with van der Waals surface area (Å²) < 4.78 is 0. The zero-order chi connectivity index (χ0) is 16.6. The van der Waals surface area contributed by atoms with Gasteiger partial charge in [0.2, 0.25) is 5.91 Å². The molecule has 2 saturated heterocycles. The zero-order valence-corrected chi connectivity index (χ0v) is 15.2. The van der Waals surface area contributed by atoms with Crippen molar-refractivity contribution in [1.29, 1.82) is 0 Å². The van der Waals surface area contributed by atoms with Crippen molar-refractivity contribution in [2.24, 2.45) is 0 Å². The van der Waals surface area contributed by atoms with Gasteiger partial charge in [0.05, 0.1) is 0 Å². The van der Waals surface area contributed by atoms with Crippen LogP contribution in [0.15, 0.2) is 0 Å². The molecule has 2 heterocycles. The number of hydrogen-bond acceptors (Lipinski definition) is 4. The van der Waals surface area contributed by atoms with E-state index < -0.39 is 17.6 Å². The average molecular weight is 359 g/mol. The molecule has 8 heteroatoms. The number of nitrogens with one attached hydrogen (secondary N) is 2. The topological polar surface area (TPSA) is 81.8 Å². The molecule has 0 aromatic carbocycles.